The Morgan fingerprint density at radius 3 is 2.58 bits per heavy atom. The summed E-state index contributed by atoms with van der Waals surface area (Å²) in [6.07, 6.45) is 5.51. The molecule has 3 N–H and O–H groups in total. The van der Waals surface area contributed by atoms with Gasteiger partial charge in [-0.15, -0.1) is 0 Å². The molecule has 2 fully saturated rings. The number of benzene rings is 2. The van der Waals surface area contributed by atoms with Crippen molar-refractivity contribution in [3.05, 3.63) is 59.2 Å². The fourth-order valence-electron chi connectivity index (χ4n) is 6.91. The SMILES string of the molecule is CC.CC12CCC3c4ccc(O)cc4CCC3C1CCC2OC(=O)COC(=O)c1cccc(S(N)(=O)=O)c1. The molecule has 0 aliphatic heterocycles. The summed E-state index contributed by atoms with van der Waals surface area (Å²) in [5.41, 5.74) is 2.47. The van der Waals surface area contributed by atoms with Crippen LogP contribution >= 0.6 is 0 Å². The number of esters is 2. The molecule has 3 aliphatic rings. The van der Waals surface area contributed by atoms with Crippen LogP contribution in [-0.2, 0) is 30.7 Å². The van der Waals surface area contributed by atoms with Crippen molar-refractivity contribution in [2.45, 2.75) is 76.2 Å². The molecule has 2 saturated carbocycles. The number of hydrogen-bond donors (Lipinski definition) is 2. The van der Waals surface area contributed by atoms with Gasteiger partial charge in [0.2, 0.25) is 10.0 Å². The number of aryl methyl sites for hydroxylation is 1. The van der Waals surface area contributed by atoms with E-state index in [1.54, 1.807) is 6.07 Å². The summed E-state index contributed by atoms with van der Waals surface area (Å²) < 4.78 is 34.0. The highest BCUT2D eigenvalue weighted by Crippen LogP contribution is 2.61. The van der Waals surface area contributed by atoms with Crippen molar-refractivity contribution in [3.63, 3.8) is 0 Å². The number of rotatable bonds is 5. The Labute approximate surface area is 224 Å². The van der Waals surface area contributed by atoms with Crippen LogP contribution in [0.5, 0.6) is 5.75 Å². The summed E-state index contributed by atoms with van der Waals surface area (Å²) in [4.78, 5) is 24.8. The molecule has 2 aromatic rings. The average molecular weight is 544 g/mol. The molecule has 9 heteroatoms. The number of ether oxygens (including phenoxy) is 2. The Morgan fingerprint density at radius 1 is 1.08 bits per heavy atom. The van der Waals surface area contributed by atoms with E-state index in [0.29, 0.717) is 23.5 Å². The van der Waals surface area contributed by atoms with Crippen molar-refractivity contribution in [2.24, 2.45) is 22.4 Å². The molecule has 3 aliphatic carbocycles. The van der Waals surface area contributed by atoms with Crippen LogP contribution in [0.3, 0.4) is 0 Å². The number of primary sulfonamides is 1. The van der Waals surface area contributed by atoms with Crippen molar-refractivity contribution in [2.75, 3.05) is 6.61 Å². The quantitative estimate of drug-likeness (QED) is 0.523. The van der Waals surface area contributed by atoms with Gasteiger partial charge in [0.1, 0.15) is 11.9 Å². The molecule has 0 saturated heterocycles. The molecule has 0 spiro atoms. The van der Waals surface area contributed by atoms with Gasteiger partial charge in [0.25, 0.3) is 0 Å². The standard InChI is InChI=1S/C27H31NO7S.C2H6/c1-27-12-11-21-20-8-6-18(29)13-16(20)5-7-22(21)23(27)9-10-24(27)35-25(30)15-34-26(31)17-3-2-4-19(14-17)36(28,32)33;1-2/h2-4,6,8,13-14,21-24,29H,5,7,9-12,15H2,1H3,(H2,28,32,33);1-2H3. The van der Waals surface area contributed by atoms with Gasteiger partial charge in [-0.25, -0.2) is 23.1 Å². The van der Waals surface area contributed by atoms with Crippen molar-refractivity contribution in [3.8, 4) is 5.75 Å². The largest absolute Gasteiger partial charge is 0.508 e. The molecule has 2 aromatic carbocycles. The Kier molecular flexibility index (Phi) is 8.18. The third-order valence-corrected chi connectivity index (χ3v) is 9.53. The van der Waals surface area contributed by atoms with Crippen LogP contribution in [0.25, 0.3) is 0 Å². The summed E-state index contributed by atoms with van der Waals surface area (Å²) in [6, 6.07) is 10.9. The number of carbonyl (C=O) groups excluding carboxylic acids is 2. The first-order valence-corrected chi connectivity index (χ1v) is 14.9. The molecular formula is C29H37NO7S. The summed E-state index contributed by atoms with van der Waals surface area (Å²) in [5, 5.41) is 15.0. The fourth-order valence-corrected chi connectivity index (χ4v) is 7.47. The Morgan fingerprint density at radius 2 is 1.84 bits per heavy atom. The summed E-state index contributed by atoms with van der Waals surface area (Å²) in [5.74, 6) is 0.326. The molecule has 0 bridgehead atoms. The van der Waals surface area contributed by atoms with Crippen molar-refractivity contribution in [1.29, 1.82) is 0 Å². The van der Waals surface area contributed by atoms with Crippen LogP contribution < -0.4 is 5.14 Å². The second-order valence-electron chi connectivity index (χ2n) is 10.5. The van der Waals surface area contributed by atoms with E-state index in [4.69, 9.17) is 14.6 Å². The number of phenols is 1. The van der Waals surface area contributed by atoms with Crippen LogP contribution in [0.4, 0.5) is 0 Å². The Balaban J connectivity index is 0.00000164. The van der Waals surface area contributed by atoms with Gasteiger partial charge in [0.15, 0.2) is 6.61 Å². The van der Waals surface area contributed by atoms with E-state index in [1.165, 1.54) is 29.3 Å². The van der Waals surface area contributed by atoms with Gasteiger partial charge in [0, 0.05) is 5.41 Å². The normalized spacial score (nSPS) is 27.6. The van der Waals surface area contributed by atoms with E-state index in [1.807, 2.05) is 19.9 Å². The lowest BCUT2D eigenvalue weighted by molar-refractivity contribution is -0.161. The van der Waals surface area contributed by atoms with Gasteiger partial charge >= 0.3 is 11.9 Å². The zero-order valence-electron chi connectivity index (χ0n) is 22.2. The van der Waals surface area contributed by atoms with Gasteiger partial charge < -0.3 is 14.6 Å². The lowest BCUT2D eigenvalue weighted by Crippen LogP contribution is -2.45. The first kappa shape index (κ1) is 28.1. The third kappa shape index (κ3) is 5.45. The van der Waals surface area contributed by atoms with Crippen LogP contribution in [0, 0.1) is 17.3 Å². The first-order valence-electron chi connectivity index (χ1n) is 13.4. The van der Waals surface area contributed by atoms with Gasteiger partial charge in [-0.05, 0) is 97.7 Å². The van der Waals surface area contributed by atoms with Gasteiger partial charge in [-0.2, -0.15) is 0 Å². The van der Waals surface area contributed by atoms with Crippen molar-refractivity contribution < 1.29 is 32.6 Å². The topological polar surface area (TPSA) is 133 Å². The number of aromatic hydroxyl groups is 1. The monoisotopic (exact) mass is 543 g/mol. The predicted molar refractivity (Wildman–Crippen MR) is 142 cm³/mol. The van der Waals surface area contributed by atoms with E-state index in [9.17, 15) is 23.1 Å². The third-order valence-electron chi connectivity index (χ3n) is 8.62. The van der Waals surface area contributed by atoms with Crippen LogP contribution in [0.1, 0.15) is 80.3 Å². The smallest absolute Gasteiger partial charge is 0.344 e. The molecule has 8 nitrogen and oxygen atoms in total. The zero-order valence-corrected chi connectivity index (χ0v) is 23.0. The molecule has 5 atom stereocenters. The Hall–Kier alpha value is -2.91. The molecule has 0 heterocycles. The van der Waals surface area contributed by atoms with E-state index < -0.39 is 28.6 Å². The minimum atomic E-state index is -3.96. The number of carbonyl (C=O) groups is 2. The maximum absolute atomic E-state index is 12.6. The highest BCUT2D eigenvalue weighted by Gasteiger charge is 2.56. The maximum Gasteiger partial charge on any atom is 0.344 e. The average Bonchev–Trinajstić information content (AvgIpc) is 3.23. The van der Waals surface area contributed by atoms with Gasteiger partial charge in [0.05, 0.1) is 10.5 Å². The van der Waals surface area contributed by atoms with Crippen molar-refractivity contribution in [1.82, 2.24) is 0 Å². The Bertz CT molecular complexity index is 1310. The lowest BCUT2D eigenvalue weighted by Gasteiger charge is -2.50. The van der Waals surface area contributed by atoms with Crippen LogP contribution in [-0.4, -0.2) is 38.2 Å². The zero-order chi connectivity index (χ0) is 27.7. The molecular weight excluding hydrogens is 506 g/mol. The van der Waals surface area contributed by atoms with E-state index in [-0.39, 0.29) is 22.0 Å². The second kappa shape index (κ2) is 11.1. The molecule has 206 valence electrons. The van der Waals surface area contributed by atoms with Gasteiger partial charge in [-0.3, -0.25) is 0 Å². The number of hydrogen-bond acceptors (Lipinski definition) is 7. The molecule has 5 unspecified atom stereocenters. The molecule has 0 radical (unpaired) electrons. The first-order chi connectivity index (χ1) is 18.1. The number of sulfonamides is 1. The van der Waals surface area contributed by atoms with Gasteiger partial charge in [-0.1, -0.05) is 32.9 Å². The molecule has 38 heavy (non-hydrogen) atoms. The minimum Gasteiger partial charge on any atom is -0.508 e. The minimum absolute atomic E-state index is 0.00793. The number of nitrogens with two attached hydrogens (primary N) is 1. The predicted octanol–water partition coefficient (Wildman–Crippen LogP) is 4.69. The number of fused-ring (bicyclic) bond motifs is 5. The fraction of sp³-hybridized carbons (Fsp3) is 0.517. The lowest BCUT2D eigenvalue weighted by atomic mass is 9.55. The second-order valence-corrected chi connectivity index (χ2v) is 12.1. The summed E-state index contributed by atoms with van der Waals surface area (Å²) in [7, 11) is -3.96. The van der Waals surface area contributed by atoms with E-state index in [2.05, 4.69) is 13.0 Å². The van der Waals surface area contributed by atoms with Crippen molar-refractivity contribution >= 4 is 22.0 Å². The van der Waals surface area contributed by atoms with Crippen LogP contribution in [0.2, 0.25) is 0 Å². The molecule has 5 rings (SSSR count). The summed E-state index contributed by atoms with van der Waals surface area (Å²) >= 11 is 0. The number of phenolic OH excluding ortho intramolecular Hbond substituents is 1. The van der Waals surface area contributed by atoms with E-state index >= 15 is 0 Å². The van der Waals surface area contributed by atoms with E-state index in [0.717, 1.165) is 44.6 Å². The summed E-state index contributed by atoms with van der Waals surface area (Å²) in [6.45, 7) is 5.68. The molecule has 0 amide bonds. The highest BCUT2D eigenvalue weighted by molar-refractivity contribution is 7.89. The van der Waals surface area contributed by atoms with Crippen LogP contribution in [0.15, 0.2) is 47.4 Å². The molecule has 0 aromatic heterocycles. The maximum atomic E-state index is 12.6. The highest BCUT2D eigenvalue weighted by atomic mass is 32.2.